The van der Waals surface area contributed by atoms with Gasteiger partial charge in [-0.1, -0.05) is 42.1 Å². The van der Waals surface area contributed by atoms with E-state index in [1.807, 2.05) is 90.4 Å². The van der Waals surface area contributed by atoms with Crippen LogP contribution in [0.1, 0.15) is 12.7 Å². The van der Waals surface area contributed by atoms with Crippen LogP contribution in [-0.4, -0.2) is 33.0 Å². The van der Waals surface area contributed by atoms with Gasteiger partial charge < -0.3 is 14.8 Å². The van der Waals surface area contributed by atoms with E-state index in [0.29, 0.717) is 17.6 Å². The lowest BCUT2D eigenvalue weighted by Gasteiger charge is -2.12. The van der Waals surface area contributed by atoms with Crippen LogP contribution in [-0.2, 0) is 11.4 Å². The van der Waals surface area contributed by atoms with E-state index in [4.69, 9.17) is 9.47 Å². The number of halogens is 1. The number of aromatic nitrogens is 3. The molecule has 0 aliphatic rings. The summed E-state index contributed by atoms with van der Waals surface area (Å²) in [5, 5.41) is 12.2. The molecule has 4 aromatic rings. The molecule has 0 bridgehead atoms. The van der Waals surface area contributed by atoms with E-state index in [-0.39, 0.29) is 18.3 Å². The minimum Gasteiger partial charge on any atom is -0.494 e. The van der Waals surface area contributed by atoms with Gasteiger partial charge in [0.1, 0.15) is 18.1 Å². The van der Waals surface area contributed by atoms with Crippen molar-refractivity contribution in [2.45, 2.75) is 18.7 Å². The average molecular weight is 539 g/mol. The zero-order valence-electron chi connectivity index (χ0n) is 18.5. The molecule has 0 aliphatic carbocycles. The van der Waals surface area contributed by atoms with E-state index in [2.05, 4.69) is 31.4 Å². The fourth-order valence-electron chi connectivity index (χ4n) is 3.15. The summed E-state index contributed by atoms with van der Waals surface area (Å²) < 4.78 is 14.2. The van der Waals surface area contributed by atoms with Crippen molar-refractivity contribution in [2.24, 2.45) is 0 Å². The van der Waals surface area contributed by atoms with Gasteiger partial charge >= 0.3 is 0 Å². The number of rotatable bonds is 10. The molecule has 34 heavy (non-hydrogen) atoms. The third-order valence-electron chi connectivity index (χ3n) is 4.70. The molecule has 0 unspecified atom stereocenters. The van der Waals surface area contributed by atoms with E-state index in [0.717, 1.165) is 27.3 Å². The van der Waals surface area contributed by atoms with Crippen molar-refractivity contribution < 1.29 is 14.3 Å². The molecule has 0 radical (unpaired) electrons. The second-order valence-electron chi connectivity index (χ2n) is 7.08. The first-order valence-corrected chi connectivity index (χ1v) is 12.4. The average Bonchev–Trinajstić information content (AvgIpc) is 3.27. The van der Waals surface area contributed by atoms with Gasteiger partial charge in [-0.25, -0.2) is 0 Å². The second-order valence-corrected chi connectivity index (χ2v) is 8.88. The Morgan fingerprint density at radius 2 is 1.65 bits per heavy atom. The summed E-state index contributed by atoms with van der Waals surface area (Å²) >= 11 is 4.75. The molecule has 0 spiro atoms. The SMILES string of the molecule is CCOc1ccc(-n2c(COc3ccccc3)nnc2SCC(=O)Nc2ccccc2Br)cc1. The first kappa shape index (κ1) is 23.8. The molecular weight excluding hydrogens is 516 g/mol. The molecule has 4 rings (SSSR count). The number of amides is 1. The number of benzene rings is 3. The number of hydrogen-bond donors (Lipinski definition) is 1. The van der Waals surface area contributed by atoms with Gasteiger partial charge in [0.05, 0.1) is 18.0 Å². The Balaban J connectivity index is 1.52. The van der Waals surface area contributed by atoms with Crippen LogP contribution >= 0.6 is 27.7 Å². The number of thioether (sulfide) groups is 1. The highest BCUT2D eigenvalue weighted by molar-refractivity contribution is 9.10. The van der Waals surface area contributed by atoms with Crippen LogP contribution < -0.4 is 14.8 Å². The maximum atomic E-state index is 12.6. The van der Waals surface area contributed by atoms with E-state index in [1.165, 1.54) is 11.8 Å². The number of carbonyl (C=O) groups excluding carboxylic acids is 1. The maximum Gasteiger partial charge on any atom is 0.234 e. The zero-order chi connectivity index (χ0) is 23.8. The Morgan fingerprint density at radius 1 is 0.941 bits per heavy atom. The number of anilines is 1. The smallest absolute Gasteiger partial charge is 0.234 e. The third kappa shape index (κ3) is 6.18. The first-order chi connectivity index (χ1) is 16.6. The van der Waals surface area contributed by atoms with Gasteiger partial charge in [0.25, 0.3) is 0 Å². The molecule has 174 valence electrons. The summed E-state index contributed by atoms with van der Waals surface area (Å²) in [7, 11) is 0. The van der Waals surface area contributed by atoms with Gasteiger partial charge in [0.2, 0.25) is 5.91 Å². The Morgan fingerprint density at radius 3 is 2.38 bits per heavy atom. The van der Waals surface area contributed by atoms with Gasteiger partial charge in [-0.05, 0) is 71.4 Å². The number of carbonyl (C=O) groups is 1. The molecule has 3 aromatic carbocycles. The van der Waals surface area contributed by atoms with Crippen LogP contribution in [0.4, 0.5) is 5.69 Å². The molecule has 0 atom stereocenters. The summed E-state index contributed by atoms with van der Waals surface area (Å²) in [6.45, 7) is 2.77. The molecule has 0 saturated carbocycles. The standard InChI is InChI=1S/C25H23BrN4O3S/c1-2-32-20-14-12-18(13-15-20)30-23(16-33-19-8-4-3-5-9-19)28-29-25(30)34-17-24(31)27-22-11-7-6-10-21(22)26/h3-15H,2,16-17H2,1H3,(H,27,31). The highest BCUT2D eigenvalue weighted by Gasteiger charge is 2.17. The van der Waals surface area contributed by atoms with E-state index in [9.17, 15) is 4.79 Å². The quantitative estimate of drug-likeness (QED) is 0.259. The highest BCUT2D eigenvalue weighted by atomic mass is 79.9. The number of hydrogen-bond acceptors (Lipinski definition) is 6. The number of para-hydroxylation sites is 2. The van der Waals surface area contributed by atoms with Gasteiger partial charge in [0, 0.05) is 10.2 Å². The summed E-state index contributed by atoms with van der Waals surface area (Å²) in [4.78, 5) is 12.6. The predicted molar refractivity (Wildman–Crippen MR) is 137 cm³/mol. The Labute approximate surface area is 210 Å². The van der Waals surface area contributed by atoms with E-state index in [1.54, 1.807) is 0 Å². The van der Waals surface area contributed by atoms with Crippen LogP contribution in [0.3, 0.4) is 0 Å². The molecule has 1 aromatic heterocycles. The minimum atomic E-state index is -0.139. The lowest BCUT2D eigenvalue weighted by atomic mass is 10.3. The number of nitrogens with one attached hydrogen (secondary N) is 1. The predicted octanol–water partition coefficient (Wildman–Crippen LogP) is 5.74. The van der Waals surface area contributed by atoms with Crippen molar-refractivity contribution in [3.05, 3.63) is 89.2 Å². The lowest BCUT2D eigenvalue weighted by Crippen LogP contribution is -2.15. The van der Waals surface area contributed by atoms with Crippen molar-refractivity contribution in [1.29, 1.82) is 0 Å². The van der Waals surface area contributed by atoms with Crippen LogP contribution in [0.15, 0.2) is 88.5 Å². The van der Waals surface area contributed by atoms with Crippen LogP contribution in [0.2, 0.25) is 0 Å². The summed E-state index contributed by atoms with van der Waals surface area (Å²) in [6.07, 6.45) is 0. The molecule has 1 heterocycles. The third-order valence-corrected chi connectivity index (χ3v) is 6.32. The first-order valence-electron chi connectivity index (χ1n) is 10.7. The van der Waals surface area contributed by atoms with Gasteiger partial charge in [-0.3, -0.25) is 9.36 Å². The largest absolute Gasteiger partial charge is 0.494 e. The number of ether oxygens (including phenoxy) is 2. The number of nitrogens with zero attached hydrogens (tertiary/aromatic N) is 3. The van der Waals surface area contributed by atoms with Crippen molar-refractivity contribution in [2.75, 3.05) is 17.7 Å². The maximum absolute atomic E-state index is 12.6. The minimum absolute atomic E-state index is 0.139. The Bertz CT molecular complexity index is 1230. The summed E-state index contributed by atoms with van der Waals surface area (Å²) in [5.41, 5.74) is 1.58. The van der Waals surface area contributed by atoms with Crippen LogP contribution in [0.5, 0.6) is 11.5 Å². The normalized spacial score (nSPS) is 10.6. The van der Waals surface area contributed by atoms with E-state index >= 15 is 0 Å². The molecular formula is C25H23BrN4O3S. The summed E-state index contributed by atoms with van der Waals surface area (Å²) in [5.74, 6) is 2.19. The van der Waals surface area contributed by atoms with Crippen molar-refractivity contribution in [1.82, 2.24) is 14.8 Å². The van der Waals surface area contributed by atoms with Crippen molar-refractivity contribution in [3.8, 4) is 17.2 Å². The lowest BCUT2D eigenvalue weighted by molar-refractivity contribution is -0.113. The highest BCUT2D eigenvalue weighted by Crippen LogP contribution is 2.26. The van der Waals surface area contributed by atoms with Gasteiger partial charge in [0.15, 0.2) is 11.0 Å². The summed E-state index contributed by atoms with van der Waals surface area (Å²) in [6, 6.07) is 24.7. The zero-order valence-corrected chi connectivity index (χ0v) is 20.9. The van der Waals surface area contributed by atoms with Gasteiger partial charge in [-0.2, -0.15) is 0 Å². The van der Waals surface area contributed by atoms with Gasteiger partial charge in [-0.15, -0.1) is 10.2 Å². The molecule has 0 saturated heterocycles. The molecule has 1 N–H and O–H groups in total. The van der Waals surface area contributed by atoms with Crippen molar-refractivity contribution in [3.63, 3.8) is 0 Å². The van der Waals surface area contributed by atoms with Crippen LogP contribution in [0.25, 0.3) is 5.69 Å². The molecule has 9 heteroatoms. The van der Waals surface area contributed by atoms with Crippen LogP contribution in [0, 0.1) is 0 Å². The molecule has 7 nitrogen and oxygen atoms in total. The Hall–Kier alpha value is -3.30. The monoisotopic (exact) mass is 538 g/mol. The Kier molecular flexibility index (Phi) is 8.21. The van der Waals surface area contributed by atoms with Crippen molar-refractivity contribution >= 4 is 39.3 Å². The molecule has 1 amide bonds. The fraction of sp³-hybridized carbons (Fsp3) is 0.160. The molecule has 0 aliphatic heterocycles. The fourth-order valence-corrected chi connectivity index (χ4v) is 4.30. The topological polar surface area (TPSA) is 78.3 Å². The second kappa shape index (κ2) is 11.7. The molecule has 0 fully saturated rings. The van der Waals surface area contributed by atoms with E-state index < -0.39 is 0 Å².